The normalized spacial score (nSPS) is 86.6. The summed E-state index contributed by atoms with van der Waals surface area (Å²) in [6.45, 7) is 0. The monoisotopic (exact) mass is 290 g/mol. The molecule has 10 aliphatic carbocycles. The van der Waals surface area contributed by atoms with E-state index in [0.717, 1.165) is 71.0 Å². The van der Waals surface area contributed by atoms with Gasteiger partial charge in [-0.15, -0.1) is 23.2 Å². The van der Waals surface area contributed by atoms with Gasteiger partial charge >= 0.3 is 0 Å². The van der Waals surface area contributed by atoms with E-state index in [4.69, 9.17) is 23.2 Å². The average molecular weight is 291 g/mol. The zero-order valence-electron chi connectivity index (χ0n) is 10.5. The van der Waals surface area contributed by atoms with Gasteiger partial charge in [0.05, 0.1) is 0 Å². The topological polar surface area (TPSA) is 0 Å². The van der Waals surface area contributed by atoms with Crippen molar-refractivity contribution in [2.24, 2.45) is 82.9 Å². The van der Waals surface area contributed by atoms with Crippen LogP contribution in [0.3, 0.4) is 0 Å². The average Bonchev–Trinajstić information content (AvgIpc) is 2.62. The third-order valence-corrected chi connectivity index (χ3v) is 10.7. The van der Waals surface area contributed by atoms with Gasteiger partial charge in [-0.2, -0.15) is 0 Å². The molecule has 0 heterocycles. The van der Waals surface area contributed by atoms with Gasteiger partial charge in [0.2, 0.25) is 0 Å². The molecule has 0 amide bonds. The number of hydrogen-bond donors (Lipinski definition) is 0. The molecule has 0 spiro atoms. The zero-order chi connectivity index (χ0) is 12.0. The highest BCUT2D eigenvalue weighted by atomic mass is 35.5. The van der Waals surface area contributed by atoms with Gasteiger partial charge in [-0.3, -0.25) is 0 Å². The van der Waals surface area contributed by atoms with E-state index in [2.05, 4.69) is 12.2 Å². The fraction of sp³-hybridized carbons (Fsp3) is 0.882. The second kappa shape index (κ2) is 2.17. The van der Waals surface area contributed by atoms with Crippen molar-refractivity contribution in [1.82, 2.24) is 0 Å². The molecule has 10 bridgehead atoms. The molecule has 98 valence electrons. The molecule has 14 atom stereocenters. The number of allylic oxidation sites excluding steroid dienone is 2. The van der Waals surface area contributed by atoms with E-state index in [1.54, 1.807) is 0 Å². The Bertz CT molecular complexity index is 608. The summed E-state index contributed by atoms with van der Waals surface area (Å²) in [5.41, 5.74) is 0. The number of alkyl halides is 2. The van der Waals surface area contributed by atoms with Crippen molar-refractivity contribution in [3.05, 3.63) is 12.2 Å². The Morgan fingerprint density at radius 3 is 1.47 bits per heavy atom. The quantitative estimate of drug-likeness (QED) is 0.474. The van der Waals surface area contributed by atoms with Crippen LogP contribution in [0.1, 0.15) is 0 Å². The van der Waals surface area contributed by atoms with Crippen LogP contribution in [0.15, 0.2) is 12.2 Å². The number of rotatable bonds is 0. The van der Waals surface area contributed by atoms with E-state index in [-0.39, 0.29) is 4.33 Å². The lowest BCUT2D eigenvalue weighted by atomic mass is 9.37. The molecule has 19 heavy (non-hydrogen) atoms. The highest BCUT2D eigenvalue weighted by Gasteiger charge is 2.92. The van der Waals surface area contributed by atoms with E-state index in [9.17, 15) is 0 Å². The molecule has 0 saturated heterocycles. The molecule has 8 saturated carbocycles. The molecule has 0 unspecified atom stereocenters. The van der Waals surface area contributed by atoms with Gasteiger partial charge in [-0.1, -0.05) is 12.2 Å². The lowest BCUT2D eigenvalue weighted by Crippen LogP contribution is -2.64. The molecule has 0 aromatic heterocycles. The van der Waals surface area contributed by atoms with E-state index in [1.807, 2.05) is 0 Å². The van der Waals surface area contributed by atoms with Gasteiger partial charge in [0, 0.05) is 11.8 Å². The molecule has 0 nitrogen and oxygen atoms in total. The van der Waals surface area contributed by atoms with Crippen molar-refractivity contribution in [3.8, 4) is 0 Å². The van der Waals surface area contributed by atoms with E-state index in [0.29, 0.717) is 11.8 Å². The molecule has 0 aliphatic heterocycles. The Morgan fingerprint density at radius 1 is 0.526 bits per heavy atom. The van der Waals surface area contributed by atoms with Gasteiger partial charge < -0.3 is 0 Å². The smallest absolute Gasteiger partial charge is 0.101 e. The van der Waals surface area contributed by atoms with Crippen molar-refractivity contribution >= 4 is 23.2 Å². The van der Waals surface area contributed by atoms with Crippen LogP contribution in [0.4, 0.5) is 0 Å². The zero-order valence-corrected chi connectivity index (χ0v) is 12.0. The number of hydrogen-bond acceptors (Lipinski definition) is 0. The summed E-state index contributed by atoms with van der Waals surface area (Å²) < 4.78 is -0.313. The Morgan fingerprint density at radius 2 is 0.895 bits per heavy atom. The minimum absolute atomic E-state index is 0.313. The highest BCUT2D eigenvalue weighted by molar-refractivity contribution is 6.51. The predicted molar refractivity (Wildman–Crippen MR) is 72.4 cm³/mol. The summed E-state index contributed by atoms with van der Waals surface area (Å²) in [6.07, 6.45) is 5.27. The Hall–Kier alpha value is 0.320. The first-order chi connectivity index (χ1) is 9.23. The first-order valence-corrected chi connectivity index (χ1v) is 9.04. The second-order valence-electron chi connectivity index (χ2n) is 9.04. The summed E-state index contributed by atoms with van der Waals surface area (Å²) in [4.78, 5) is 0. The maximum absolute atomic E-state index is 6.68. The summed E-state index contributed by atoms with van der Waals surface area (Å²) >= 11 is 13.4. The molecule has 10 aliphatic rings. The Kier molecular flexibility index (Phi) is 1.07. The lowest BCUT2D eigenvalue weighted by molar-refractivity contribution is -0.177. The third-order valence-electron chi connectivity index (χ3n) is 9.66. The maximum Gasteiger partial charge on any atom is 0.125 e. The van der Waals surface area contributed by atoms with E-state index < -0.39 is 0 Å². The molecule has 0 radical (unpaired) electrons. The molecule has 8 fully saturated rings. The first-order valence-electron chi connectivity index (χ1n) is 8.29. The Labute approximate surface area is 122 Å². The van der Waals surface area contributed by atoms with Crippen molar-refractivity contribution in [2.75, 3.05) is 0 Å². The lowest BCUT2D eigenvalue weighted by Gasteiger charge is -2.67. The van der Waals surface area contributed by atoms with Gasteiger partial charge in [-0.05, 0) is 71.0 Å². The van der Waals surface area contributed by atoms with Crippen LogP contribution in [-0.4, -0.2) is 4.33 Å². The summed E-state index contributed by atoms with van der Waals surface area (Å²) in [5.74, 6) is 13.8. The van der Waals surface area contributed by atoms with Gasteiger partial charge in [0.1, 0.15) is 4.33 Å². The van der Waals surface area contributed by atoms with Crippen LogP contribution in [0.2, 0.25) is 0 Å². The molecule has 10 rings (SSSR count). The van der Waals surface area contributed by atoms with Crippen LogP contribution in [0, 0.1) is 82.9 Å². The van der Waals surface area contributed by atoms with Crippen molar-refractivity contribution in [1.29, 1.82) is 0 Å². The molecule has 0 aromatic rings. The second-order valence-corrected chi connectivity index (χ2v) is 10.5. The van der Waals surface area contributed by atoms with Gasteiger partial charge in [-0.25, -0.2) is 0 Å². The van der Waals surface area contributed by atoms with Crippen LogP contribution in [0.5, 0.6) is 0 Å². The standard InChI is InChI=1S/C17H16Cl2/c18-17(19)15-13-8-4-2-1-3-5-6(4)10-9(5)11(7(3)8)14(12(10)13)16(15)17/h1-16H/t3-,4-,5-,6-,7+,8-,9+,10+,11+,12+,13-,14-,15+,16+/m0/s1. The van der Waals surface area contributed by atoms with E-state index in [1.165, 1.54) is 0 Å². The predicted octanol–water partition coefficient (Wildman–Crippen LogP) is 3.45. The van der Waals surface area contributed by atoms with Crippen molar-refractivity contribution in [2.45, 2.75) is 4.33 Å². The van der Waals surface area contributed by atoms with Crippen LogP contribution < -0.4 is 0 Å². The number of fused-ring (bicyclic) bond motifs is 1. The van der Waals surface area contributed by atoms with Crippen LogP contribution >= 0.6 is 23.2 Å². The largest absolute Gasteiger partial charge is 0.125 e. The Balaban J connectivity index is 1.49. The minimum atomic E-state index is -0.313. The first kappa shape index (κ1) is 9.36. The maximum atomic E-state index is 6.68. The SMILES string of the molecule is ClC1(Cl)[C@@H]2[C@H]3[C@@H]4[C@@H]5[C@H]6C=C[C@H]7[C@H]8[C@H]6[C@@H]4[C@@H]8[C@@H]3[C@H]([C@@H]75)[C@H]21. The fourth-order valence-electron chi connectivity index (χ4n) is 10.1. The molecular weight excluding hydrogens is 275 g/mol. The van der Waals surface area contributed by atoms with Crippen molar-refractivity contribution in [3.63, 3.8) is 0 Å². The minimum Gasteiger partial charge on any atom is -0.101 e. The van der Waals surface area contributed by atoms with Crippen molar-refractivity contribution < 1.29 is 0 Å². The molecular formula is C17H16Cl2. The molecule has 2 heteroatoms. The summed E-state index contributed by atoms with van der Waals surface area (Å²) in [6, 6.07) is 0. The van der Waals surface area contributed by atoms with E-state index >= 15 is 0 Å². The molecule has 0 aromatic carbocycles. The van der Waals surface area contributed by atoms with Gasteiger partial charge in [0.15, 0.2) is 0 Å². The third kappa shape index (κ3) is 0.585. The van der Waals surface area contributed by atoms with Gasteiger partial charge in [0.25, 0.3) is 0 Å². The highest BCUT2D eigenvalue weighted by Crippen LogP contribution is 2.94. The molecule has 0 N–H and O–H groups in total. The van der Waals surface area contributed by atoms with Crippen LogP contribution in [0.25, 0.3) is 0 Å². The summed E-state index contributed by atoms with van der Waals surface area (Å²) in [7, 11) is 0. The fourth-order valence-corrected chi connectivity index (χ4v) is 11.1. The van der Waals surface area contributed by atoms with Crippen LogP contribution in [-0.2, 0) is 0 Å². The summed E-state index contributed by atoms with van der Waals surface area (Å²) in [5, 5.41) is 0. The number of halogens is 2.